The van der Waals surface area contributed by atoms with Crippen molar-refractivity contribution in [1.29, 1.82) is 0 Å². The van der Waals surface area contributed by atoms with Crippen molar-refractivity contribution in [2.24, 2.45) is 0 Å². The summed E-state index contributed by atoms with van der Waals surface area (Å²) in [6.07, 6.45) is 3.65. The van der Waals surface area contributed by atoms with Crippen LogP contribution in [0.15, 0.2) is 65.8 Å². The van der Waals surface area contributed by atoms with Crippen LogP contribution in [0.5, 0.6) is 11.5 Å². The molecule has 7 heteroatoms. The lowest BCUT2D eigenvalue weighted by atomic mass is 10.1. The first-order valence-electron chi connectivity index (χ1n) is 10.0. The number of aromatic nitrogens is 2. The maximum atomic E-state index is 12.4. The van der Waals surface area contributed by atoms with Gasteiger partial charge in [0.25, 0.3) is 0 Å². The van der Waals surface area contributed by atoms with Crippen LogP contribution in [0.3, 0.4) is 0 Å². The monoisotopic (exact) mass is 423 g/mol. The maximum Gasteiger partial charge on any atom is 0.228 e. The summed E-state index contributed by atoms with van der Waals surface area (Å²) in [5, 5.41) is 7.78. The molecule has 2 heterocycles. The molecular weight excluding hydrogens is 398 g/mol. The van der Waals surface area contributed by atoms with Crippen LogP contribution in [0.1, 0.15) is 19.4 Å². The summed E-state index contributed by atoms with van der Waals surface area (Å²) in [6, 6.07) is 15.8. The van der Waals surface area contributed by atoms with Gasteiger partial charge in [0, 0.05) is 16.3 Å². The van der Waals surface area contributed by atoms with E-state index in [0.29, 0.717) is 30.5 Å². The molecule has 2 aromatic carbocycles. The van der Waals surface area contributed by atoms with Crippen molar-refractivity contribution in [3.8, 4) is 11.5 Å². The molecule has 1 amide bonds. The summed E-state index contributed by atoms with van der Waals surface area (Å²) in [5.41, 5.74) is 1.66. The minimum absolute atomic E-state index is 0.0648. The molecule has 0 saturated heterocycles. The van der Waals surface area contributed by atoms with Gasteiger partial charge >= 0.3 is 0 Å². The molecule has 0 bridgehead atoms. The van der Waals surface area contributed by atoms with E-state index < -0.39 is 0 Å². The number of anilines is 1. The molecule has 0 saturated carbocycles. The zero-order valence-corrected chi connectivity index (χ0v) is 17.9. The number of thioether (sulfide) groups is 1. The van der Waals surface area contributed by atoms with E-state index in [9.17, 15) is 4.79 Å². The Labute approximate surface area is 180 Å². The van der Waals surface area contributed by atoms with E-state index in [1.54, 1.807) is 10.9 Å². The average Bonchev–Trinajstić information content (AvgIpc) is 3.15. The van der Waals surface area contributed by atoms with Crippen molar-refractivity contribution in [1.82, 2.24) is 9.78 Å². The minimum Gasteiger partial charge on any atom is -0.486 e. The predicted octanol–water partition coefficient (Wildman–Crippen LogP) is 4.40. The number of nitrogens with one attached hydrogen (secondary N) is 1. The largest absolute Gasteiger partial charge is 0.486 e. The van der Waals surface area contributed by atoms with Gasteiger partial charge in [-0.2, -0.15) is 5.10 Å². The molecule has 3 aromatic rings. The van der Waals surface area contributed by atoms with E-state index in [-0.39, 0.29) is 12.0 Å². The van der Waals surface area contributed by atoms with Crippen LogP contribution in [-0.4, -0.2) is 33.6 Å². The third kappa shape index (κ3) is 5.36. The van der Waals surface area contributed by atoms with Gasteiger partial charge in [-0.1, -0.05) is 38.1 Å². The number of amides is 1. The summed E-state index contributed by atoms with van der Waals surface area (Å²) in [5.74, 6) is 1.44. The lowest BCUT2D eigenvalue weighted by molar-refractivity contribution is -0.115. The van der Waals surface area contributed by atoms with Gasteiger partial charge in [-0.05, 0) is 29.8 Å². The standard InChI is InChI=1S/C23H25N3O3S/c1-16(2)30-20-9-7-17(8-10-20)11-23(27)25-18-12-24-26(13-18)14-19-15-28-21-5-3-4-6-22(21)29-19/h3-10,12-13,16,19H,11,14-15H2,1-2H3,(H,25,27)/t19-/m0/s1. The second-order valence-corrected chi connectivity index (χ2v) is 9.13. The zero-order chi connectivity index (χ0) is 20.9. The summed E-state index contributed by atoms with van der Waals surface area (Å²) in [7, 11) is 0. The predicted molar refractivity (Wildman–Crippen MR) is 118 cm³/mol. The second kappa shape index (κ2) is 9.26. The topological polar surface area (TPSA) is 65.4 Å². The van der Waals surface area contributed by atoms with Gasteiger partial charge in [-0.15, -0.1) is 11.8 Å². The fraction of sp³-hybridized carbons (Fsp3) is 0.304. The fourth-order valence-corrected chi connectivity index (χ4v) is 4.08. The average molecular weight is 424 g/mol. The quantitative estimate of drug-likeness (QED) is 0.571. The lowest BCUT2D eigenvalue weighted by Gasteiger charge is -2.26. The molecule has 1 aromatic heterocycles. The highest BCUT2D eigenvalue weighted by Gasteiger charge is 2.21. The Bertz CT molecular complexity index is 1000. The van der Waals surface area contributed by atoms with Gasteiger partial charge in [0.15, 0.2) is 17.6 Å². The Morgan fingerprint density at radius 2 is 1.97 bits per heavy atom. The summed E-state index contributed by atoms with van der Waals surface area (Å²) >= 11 is 1.81. The molecule has 1 N–H and O–H groups in total. The van der Waals surface area contributed by atoms with Crippen molar-refractivity contribution < 1.29 is 14.3 Å². The number of benzene rings is 2. The van der Waals surface area contributed by atoms with Crippen LogP contribution in [0.25, 0.3) is 0 Å². The van der Waals surface area contributed by atoms with Crippen molar-refractivity contribution >= 4 is 23.4 Å². The van der Waals surface area contributed by atoms with E-state index in [1.807, 2.05) is 54.4 Å². The Morgan fingerprint density at radius 1 is 1.20 bits per heavy atom. The van der Waals surface area contributed by atoms with E-state index >= 15 is 0 Å². The molecule has 156 valence electrons. The van der Waals surface area contributed by atoms with Crippen molar-refractivity contribution in [3.63, 3.8) is 0 Å². The van der Waals surface area contributed by atoms with Crippen LogP contribution in [-0.2, 0) is 17.8 Å². The first-order valence-corrected chi connectivity index (χ1v) is 10.9. The van der Waals surface area contributed by atoms with Crippen LogP contribution in [0.4, 0.5) is 5.69 Å². The van der Waals surface area contributed by atoms with E-state index in [1.165, 1.54) is 4.90 Å². The molecule has 0 aliphatic carbocycles. The lowest BCUT2D eigenvalue weighted by Crippen LogP contribution is -2.33. The van der Waals surface area contributed by atoms with Crippen LogP contribution in [0.2, 0.25) is 0 Å². The number of fused-ring (bicyclic) bond motifs is 1. The Hall–Kier alpha value is -2.93. The van der Waals surface area contributed by atoms with Crippen molar-refractivity contribution in [2.75, 3.05) is 11.9 Å². The normalized spacial score (nSPS) is 15.2. The fourth-order valence-electron chi connectivity index (χ4n) is 3.24. The van der Waals surface area contributed by atoms with Gasteiger partial charge in [0.05, 0.1) is 24.8 Å². The van der Waals surface area contributed by atoms with Crippen LogP contribution in [0, 0.1) is 0 Å². The molecule has 1 aliphatic heterocycles. The third-order valence-corrected chi connectivity index (χ3v) is 5.55. The zero-order valence-electron chi connectivity index (χ0n) is 17.1. The first-order chi connectivity index (χ1) is 14.5. The maximum absolute atomic E-state index is 12.4. The van der Waals surface area contributed by atoms with E-state index in [0.717, 1.165) is 17.1 Å². The summed E-state index contributed by atoms with van der Waals surface area (Å²) in [4.78, 5) is 13.6. The van der Waals surface area contributed by atoms with E-state index in [4.69, 9.17) is 9.47 Å². The third-order valence-electron chi connectivity index (χ3n) is 4.54. The molecule has 1 aliphatic rings. The number of carbonyl (C=O) groups excluding carboxylic acids is 1. The Morgan fingerprint density at radius 3 is 2.73 bits per heavy atom. The smallest absolute Gasteiger partial charge is 0.228 e. The van der Waals surface area contributed by atoms with Gasteiger partial charge < -0.3 is 14.8 Å². The van der Waals surface area contributed by atoms with E-state index in [2.05, 4.69) is 36.4 Å². The minimum atomic E-state index is -0.134. The number of hydrogen-bond donors (Lipinski definition) is 1. The first kappa shape index (κ1) is 20.3. The van der Waals surface area contributed by atoms with Crippen molar-refractivity contribution in [2.45, 2.75) is 43.1 Å². The molecule has 0 radical (unpaired) electrons. The molecule has 30 heavy (non-hydrogen) atoms. The molecule has 0 spiro atoms. The Kier molecular flexibility index (Phi) is 6.28. The van der Waals surface area contributed by atoms with Gasteiger partial charge in [-0.25, -0.2) is 0 Å². The van der Waals surface area contributed by atoms with Gasteiger partial charge in [0.1, 0.15) is 6.61 Å². The van der Waals surface area contributed by atoms with Gasteiger partial charge in [-0.3, -0.25) is 9.48 Å². The molecule has 6 nitrogen and oxygen atoms in total. The number of carbonyl (C=O) groups is 1. The Balaban J connectivity index is 1.28. The molecular formula is C23H25N3O3S. The highest BCUT2D eigenvalue weighted by Crippen LogP contribution is 2.31. The molecule has 0 unspecified atom stereocenters. The number of ether oxygens (including phenoxy) is 2. The molecule has 4 rings (SSSR count). The molecule has 1 atom stereocenters. The number of nitrogens with zero attached hydrogens (tertiary/aromatic N) is 2. The van der Waals surface area contributed by atoms with Crippen LogP contribution < -0.4 is 14.8 Å². The van der Waals surface area contributed by atoms with Gasteiger partial charge in [0.2, 0.25) is 5.91 Å². The summed E-state index contributed by atoms with van der Waals surface area (Å²) < 4.78 is 13.5. The highest BCUT2D eigenvalue weighted by atomic mass is 32.2. The number of para-hydroxylation sites is 2. The number of hydrogen-bond acceptors (Lipinski definition) is 5. The SMILES string of the molecule is CC(C)Sc1ccc(CC(=O)Nc2cnn(C[C@H]3COc4ccccc4O3)c2)cc1. The summed E-state index contributed by atoms with van der Waals surface area (Å²) in [6.45, 7) is 5.33. The van der Waals surface area contributed by atoms with Crippen LogP contribution >= 0.6 is 11.8 Å². The molecule has 0 fully saturated rings. The highest BCUT2D eigenvalue weighted by molar-refractivity contribution is 7.99. The van der Waals surface area contributed by atoms with Crippen molar-refractivity contribution in [3.05, 3.63) is 66.5 Å². The second-order valence-electron chi connectivity index (χ2n) is 7.48. The number of rotatable bonds is 7.